The molecule has 0 aromatic carbocycles. The standard InChI is InChI=1S/C11H16N2O3S/c1-7(6-9-4-3-5-17-9)12-11(16)13-8(2)10(14)15/h3-5,7-8H,6H2,1-2H3,(H,14,15)(H2,12,13,16). The maximum Gasteiger partial charge on any atom is 0.325 e. The fraction of sp³-hybridized carbons (Fsp3) is 0.455. The summed E-state index contributed by atoms with van der Waals surface area (Å²) >= 11 is 1.63. The number of rotatable bonds is 5. The molecule has 0 aliphatic rings. The van der Waals surface area contributed by atoms with Gasteiger partial charge in [0.1, 0.15) is 6.04 Å². The van der Waals surface area contributed by atoms with Crippen LogP contribution in [-0.4, -0.2) is 29.2 Å². The van der Waals surface area contributed by atoms with Gasteiger partial charge in [-0.25, -0.2) is 4.79 Å². The van der Waals surface area contributed by atoms with E-state index >= 15 is 0 Å². The molecule has 2 unspecified atom stereocenters. The monoisotopic (exact) mass is 256 g/mol. The highest BCUT2D eigenvalue weighted by Crippen LogP contribution is 2.10. The molecule has 1 aromatic rings. The molecule has 6 heteroatoms. The van der Waals surface area contributed by atoms with E-state index in [0.29, 0.717) is 0 Å². The molecule has 94 valence electrons. The van der Waals surface area contributed by atoms with Gasteiger partial charge in [-0.05, 0) is 25.3 Å². The molecule has 0 spiro atoms. The van der Waals surface area contributed by atoms with Crippen LogP contribution in [0.2, 0.25) is 0 Å². The maximum absolute atomic E-state index is 11.4. The van der Waals surface area contributed by atoms with E-state index in [1.165, 1.54) is 11.8 Å². The molecule has 3 N–H and O–H groups in total. The number of hydrogen-bond donors (Lipinski definition) is 3. The SMILES string of the molecule is CC(Cc1cccs1)NC(=O)NC(C)C(=O)O. The van der Waals surface area contributed by atoms with Crippen LogP contribution in [0.15, 0.2) is 17.5 Å². The summed E-state index contributed by atoms with van der Waals surface area (Å²) in [6.07, 6.45) is 0.743. The Morgan fingerprint density at radius 3 is 2.65 bits per heavy atom. The highest BCUT2D eigenvalue weighted by Gasteiger charge is 2.15. The highest BCUT2D eigenvalue weighted by molar-refractivity contribution is 7.09. The topological polar surface area (TPSA) is 78.4 Å². The second-order valence-electron chi connectivity index (χ2n) is 3.86. The van der Waals surface area contributed by atoms with Gasteiger partial charge in [-0.1, -0.05) is 6.07 Å². The van der Waals surface area contributed by atoms with Crippen molar-refractivity contribution in [1.29, 1.82) is 0 Å². The summed E-state index contributed by atoms with van der Waals surface area (Å²) < 4.78 is 0. The van der Waals surface area contributed by atoms with E-state index in [1.54, 1.807) is 11.3 Å². The van der Waals surface area contributed by atoms with Crippen molar-refractivity contribution in [1.82, 2.24) is 10.6 Å². The van der Waals surface area contributed by atoms with E-state index < -0.39 is 18.0 Å². The van der Waals surface area contributed by atoms with E-state index in [-0.39, 0.29) is 6.04 Å². The van der Waals surface area contributed by atoms with Crippen molar-refractivity contribution in [3.63, 3.8) is 0 Å². The van der Waals surface area contributed by atoms with Crippen LogP contribution in [-0.2, 0) is 11.2 Å². The van der Waals surface area contributed by atoms with Gasteiger partial charge in [-0.15, -0.1) is 11.3 Å². The van der Waals surface area contributed by atoms with Crippen LogP contribution in [0.5, 0.6) is 0 Å². The molecule has 17 heavy (non-hydrogen) atoms. The quantitative estimate of drug-likeness (QED) is 0.746. The molecular formula is C11H16N2O3S. The van der Waals surface area contributed by atoms with E-state index in [1.807, 2.05) is 24.4 Å². The van der Waals surface area contributed by atoms with Gasteiger partial charge in [0.2, 0.25) is 0 Å². The highest BCUT2D eigenvalue weighted by atomic mass is 32.1. The van der Waals surface area contributed by atoms with Crippen LogP contribution in [0.1, 0.15) is 18.7 Å². The van der Waals surface area contributed by atoms with Crippen molar-refractivity contribution in [2.75, 3.05) is 0 Å². The molecule has 1 aromatic heterocycles. The number of hydrogen-bond acceptors (Lipinski definition) is 3. The van der Waals surface area contributed by atoms with Crippen LogP contribution in [0.3, 0.4) is 0 Å². The van der Waals surface area contributed by atoms with E-state index in [2.05, 4.69) is 10.6 Å². The second kappa shape index (κ2) is 6.24. The Kier molecular flexibility index (Phi) is 4.96. The lowest BCUT2D eigenvalue weighted by molar-refractivity contribution is -0.138. The van der Waals surface area contributed by atoms with Gasteiger partial charge in [-0.3, -0.25) is 4.79 Å². The van der Waals surface area contributed by atoms with Crippen molar-refractivity contribution in [2.24, 2.45) is 0 Å². The van der Waals surface area contributed by atoms with Gasteiger partial charge in [0, 0.05) is 17.3 Å². The zero-order valence-electron chi connectivity index (χ0n) is 9.77. The van der Waals surface area contributed by atoms with Crippen LogP contribution >= 0.6 is 11.3 Å². The van der Waals surface area contributed by atoms with E-state index in [0.717, 1.165) is 6.42 Å². The Balaban J connectivity index is 2.33. The number of carboxylic acids is 1. The van der Waals surface area contributed by atoms with Crippen LogP contribution in [0.4, 0.5) is 4.79 Å². The lowest BCUT2D eigenvalue weighted by atomic mass is 10.2. The largest absolute Gasteiger partial charge is 0.480 e. The molecule has 2 atom stereocenters. The summed E-state index contributed by atoms with van der Waals surface area (Å²) in [6, 6.07) is 2.59. The molecule has 0 saturated carbocycles. The zero-order valence-corrected chi connectivity index (χ0v) is 10.6. The molecule has 1 rings (SSSR count). The van der Waals surface area contributed by atoms with Gasteiger partial charge >= 0.3 is 12.0 Å². The van der Waals surface area contributed by atoms with Gasteiger partial charge in [-0.2, -0.15) is 0 Å². The number of carbonyl (C=O) groups excluding carboxylic acids is 1. The summed E-state index contributed by atoms with van der Waals surface area (Å²) in [4.78, 5) is 23.1. The van der Waals surface area contributed by atoms with E-state index in [4.69, 9.17) is 5.11 Å². The fourth-order valence-corrected chi connectivity index (χ4v) is 2.14. The minimum absolute atomic E-state index is 0.0327. The minimum Gasteiger partial charge on any atom is -0.480 e. The third kappa shape index (κ3) is 4.86. The number of nitrogens with one attached hydrogen (secondary N) is 2. The third-order valence-corrected chi connectivity index (χ3v) is 3.08. The Morgan fingerprint density at radius 2 is 2.12 bits per heavy atom. The van der Waals surface area contributed by atoms with Crippen molar-refractivity contribution in [3.05, 3.63) is 22.4 Å². The van der Waals surface area contributed by atoms with Crippen LogP contribution in [0.25, 0.3) is 0 Å². The van der Waals surface area contributed by atoms with Crippen LogP contribution < -0.4 is 10.6 Å². The first-order chi connectivity index (χ1) is 7.99. The average Bonchev–Trinajstić information content (AvgIpc) is 2.69. The Hall–Kier alpha value is -1.56. The first-order valence-electron chi connectivity index (χ1n) is 5.31. The number of aliphatic carboxylic acids is 1. The van der Waals surface area contributed by atoms with Crippen molar-refractivity contribution < 1.29 is 14.7 Å². The van der Waals surface area contributed by atoms with Crippen molar-refractivity contribution in [3.8, 4) is 0 Å². The summed E-state index contributed by atoms with van der Waals surface area (Å²) in [5.41, 5.74) is 0. The summed E-state index contributed by atoms with van der Waals surface area (Å²) in [7, 11) is 0. The molecule has 0 fully saturated rings. The molecule has 1 heterocycles. The van der Waals surface area contributed by atoms with Gasteiger partial charge in [0.15, 0.2) is 0 Å². The smallest absolute Gasteiger partial charge is 0.325 e. The Bertz CT molecular complexity index is 378. The maximum atomic E-state index is 11.4. The summed E-state index contributed by atoms with van der Waals surface area (Å²) in [6.45, 7) is 3.30. The predicted octanol–water partition coefficient (Wildman–Crippen LogP) is 1.45. The van der Waals surface area contributed by atoms with Crippen LogP contribution in [0, 0.1) is 0 Å². The number of carboxylic acid groups (broad SMARTS) is 1. The lowest BCUT2D eigenvalue weighted by Gasteiger charge is -2.15. The molecule has 0 saturated heterocycles. The van der Waals surface area contributed by atoms with Crippen molar-refractivity contribution >= 4 is 23.3 Å². The molecule has 0 aliphatic carbocycles. The number of carbonyl (C=O) groups is 2. The molecule has 0 bridgehead atoms. The van der Waals surface area contributed by atoms with Gasteiger partial charge in [0.25, 0.3) is 0 Å². The van der Waals surface area contributed by atoms with E-state index in [9.17, 15) is 9.59 Å². The zero-order chi connectivity index (χ0) is 12.8. The normalized spacial score (nSPS) is 13.8. The lowest BCUT2D eigenvalue weighted by Crippen LogP contribution is -2.47. The third-order valence-electron chi connectivity index (χ3n) is 2.18. The number of thiophene rings is 1. The fourth-order valence-electron chi connectivity index (χ4n) is 1.31. The summed E-state index contributed by atoms with van der Waals surface area (Å²) in [5.74, 6) is -1.05. The Labute approximate surface area is 104 Å². The molecule has 0 radical (unpaired) electrons. The van der Waals surface area contributed by atoms with Crippen molar-refractivity contribution in [2.45, 2.75) is 32.4 Å². The van der Waals surface area contributed by atoms with Gasteiger partial charge in [0.05, 0.1) is 0 Å². The second-order valence-corrected chi connectivity index (χ2v) is 4.89. The first kappa shape index (κ1) is 13.5. The molecule has 2 amide bonds. The first-order valence-corrected chi connectivity index (χ1v) is 6.19. The molecular weight excluding hydrogens is 240 g/mol. The number of amides is 2. The average molecular weight is 256 g/mol. The summed E-state index contributed by atoms with van der Waals surface area (Å²) in [5, 5.41) is 15.7. The molecule has 5 nitrogen and oxygen atoms in total. The van der Waals surface area contributed by atoms with Gasteiger partial charge < -0.3 is 15.7 Å². The Morgan fingerprint density at radius 1 is 1.41 bits per heavy atom. The predicted molar refractivity (Wildman–Crippen MR) is 66.3 cm³/mol. The minimum atomic E-state index is -1.05. The number of urea groups is 1. The molecule has 0 aliphatic heterocycles.